The molecular formula is C22H24N2O5. The highest BCUT2D eigenvalue weighted by molar-refractivity contribution is 6.04. The number of carbonyl (C=O) groups is 3. The van der Waals surface area contributed by atoms with Gasteiger partial charge in [-0.05, 0) is 54.8 Å². The summed E-state index contributed by atoms with van der Waals surface area (Å²) in [7, 11) is 1.30. The molecule has 2 aromatic carbocycles. The van der Waals surface area contributed by atoms with Crippen molar-refractivity contribution in [3.63, 3.8) is 0 Å². The van der Waals surface area contributed by atoms with Gasteiger partial charge < -0.3 is 19.7 Å². The average Bonchev–Trinajstić information content (AvgIpc) is 3.12. The zero-order chi connectivity index (χ0) is 20.8. The number of carbonyl (C=O) groups excluding carboxylic acids is 3. The van der Waals surface area contributed by atoms with Gasteiger partial charge in [-0.25, -0.2) is 4.79 Å². The molecule has 0 radical (unpaired) electrons. The zero-order valence-electron chi connectivity index (χ0n) is 16.6. The Morgan fingerprint density at radius 3 is 2.52 bits per heavy atom. The highest BCUT2D eigenvalue weighted by Crippen LogP contribution is 2.22. The van der Waals surface area contributed by atoms with Crippen LogP contribution in [0.1, 0.15) is 34.3 Å². The van der Waals surface area contributed by atoms with Crippen LogP contribution in [-0.4, -0.2) is 42.9 Å². The molecule has 7 nitrogen and oxygen atoms in total. The molecule has 152 valence electrons. The topological polar surface area (TPSA) is 84.9 Å². The number of rotatable bonds is 7. The number of anilines is 1. The van der Waals surface area contributed by atoms with E-state index >= 15 is 0 Å². The normalized spacial score (nSPS) is 13.3. The average molecular weight is 396 g/mol. The Bertz CT molecular complexity index is 908. The lowest BCUT2D eigenvalue weighted by molar-refractivity contribution is -0.142. The number of nitrogens with one attached hydrogen (secondary N) is 1. The van der Waals surface area contributed by atoms with Gasteiger partial charge in [-0.1, -0.05) is 12.1 Å². The smallest absolute Gasteiger partial charge is 0.343 e. The Labute approximate surface area is 169 Å². The van der Waals surface area contributed by atoms with Crippen molar-refractivity contribution in [2.75, 3.05) is 25.6 Å². The lowest BCUT2D eigenvalue weighted by atomic mass is 10.1. The number of nitrogens with zero attached hydrogens (tertiary/aromatic N) is 1. The number of methoxy groups -OCH3 is 1. The number of aryl methyl sites for hydroxylation is 1. The van der Waals surface area contributed by atoms with Crippen LogP contribution >= 0.6 is 0 Å². The third kappa shape index (κ3) is 5.34. The van der Waals surface area contributed by atoms with Crippen LogP contribution < -0.4 is 10.1 Å². The van der Waals surface area contributed by atoms with E-state index in [9.17, 15) is 14.4 Å². The maximum absolute atomic E-state index is 12.5. The Morgan fingerprint density at radius 2 is 1.90 bits per heavy atom. The number of hydrogen-bond donors (Lipinski definition) is 1. The summed E-state index contributed by atoms with van der Waals surface area (Å²) < 4.78 is 9.88. The highest BCUT2D eigenvalue weighted by Gasteiger charge is 2.20. The summed E-state index contributed by atoms with van der Waals surface area (Å²) in [6, 6.07) is 12.4. The molecule has 0 atom stereocenters. The SMILES string of the molecule is COC(=O)COc1ccc(NC(=O)c2ccc(CN3CCCC3=O)cc2)c(C)c1. The quantitative estimate of drug-likeness (QED) is 0.728. The van der Waals surface area contributed by atoms with Crippen LogP contribution in [0.5, 0.6) is 5.75 Å². The molecule has 0 spiro atoms. The van der Waals surface area contributed by atoms with Gasteiger partial charge in [-0.15, -0.1) is 0 Å². The van der Waals surface area contributed by atoms with Gasteiger partial charge in [-0.3, -0.25) is 9.59 Å². The number of hydrogen-bond acceptors (Lipinski definition) is 5. The first-order valence-corrected chi connectivity index (χ1v) is 9.44. The summed E-state index contributed by atoms with van der Waals surface area (Å²) in [5.74, 6) is 0.0192. The Kier molecular flexibility index (Phi) is 6.49. The van der Waals surface area contributed by atoms with Crippen LogP contribution in [0.25, 0.3) is 0 Å². The third-order valence-corrected chi connectivity index (χ3v) is 4.79. The first-order valence-electron chi connectivity index (χ1n) is 9.44. The van der Waals surface area contributed by atoms with Crippen molar-refractivity contribution in [1.29, 1.82) is 0 Å². The summed E-state index contributed by atoms with van der Waals surface area (Å²) in [5, 5.41) is 2.88. The van der Waals surface area contributed by atoms with Crippen molar-refractivity contribution < 1.29 is 23.9 Å². The van der Waals surface area contributed by atoms with E-state index in [-0.39, 0.29) is 18.4 Å². The van der Waals surface area contributed by atoms with Gasteiger partial charge in [-0.2, -0.15) is 0 Å². The van der Waals surface area contributed by atoms with Crippen LogP contribution in [0.3, 0.4) is 0 Å². The molecule has 2 amide bonds. The Morgan fingerprint density at radius 1 is 1.14 bits per heavy atom. The molecule has 1 heterocycles. The number of amides is 2. The molecule has 1 aliphatic heterocycles. The molecule has 0 saturated carbocycles. The molecule has 29 heavy (non-hydrogen) atoms. The number of esters is 1. The molecule has 2 aromatic rings. The molecule has 0 aromatic heterocycles. The van der Waals surface area contributed by atoms with Gasteiger partial charge >= 0.3 is 5.97 Å². The standard InChI is InChI=1S/C22H24N2O5/c1-15-12-18(29-14-21(26)28-2)9-10-19(15)23-22(27)17-7-5-16(6-8-17)13-24-11-3-4-20(24)25/h5-10,12H,3-4,11,13-14H2,1-2H3,(H,23,27). The van der Waals surface area contributed by atoms with E-state index in [1.165, 1.54) is 7.11 Å². The predicted molar refractivity (Wildman–Crippen MR) is 108 cm³/mol. The van der Waals surface area contributed by atoms with Gasteiger partial charge in [0.05, 0.1) is 7.11 Å². The largest absolute Gasteiger partial charge is 0.482 e. The third-order valence-electron chi connectivity index (χ3n) is 4.79. The maximum Gasteiger partial charge on any atom is 0.343 e. The molecule has 0 aliphatic carbocycles. The number of likely N-dealkylation sites (tertiary alicyclic amines) is 1. The van der Waals surface area contributed by atoms with Crippen molar-refractivity contribution in [2.24, 2.45) is 0 Å². The number of ether oxygens (including phenoxy) is 2. The van der Waals surface area contributed by atoms with Crippen LogP contribution in [0.2, 0.25) is 0 Å². The monoisotopic (exact) mass is 396 g/mol. The summed E-state index contributed by atoms with van der Waals surface area (Å²) in [4.78, 5) is 37.3. The maximum atomic E-state index is 12.5. The lowest BCUT2D eigenvalue weighted by Gasteiger charge is -2.15. The zero-order valence-corrected chi connectivity index (χ0v) is 16.6. The highest BCUT2D eigenvalue weighted by atomic mass is 16.6. The molecule has 1 fully saturated rings. The van der Waals surface area contributed by atoms with Crippen molar-refractivity contribution in [1.82, 2.24) is 4.90 Å². The fourth-order valence-corrected chi connectivity index (χ4v) is 3.11. The first-order chi connectivity index (χ1) is 14.0. The van der Waals surface area contributed by atoms with Crippen LogP contribution in [0.4, 0.5) is 5.69 Å². The molecular weight excluding hydrogens is 372 g/mol. The Hall–Kier alpha value is -3.35. The van der Waals surface area contributed by atoms with Crippen molar-refractivity contribution >= 4 is 23.5 Å². The molecule has 7 heteroatoms. The van der Waals surface area contributed by atoms with Gasteiger partial charge in [0.2, 0.25) is 5.91 Å². The van der Waals surface area contributed by atoms with E-state index in [0.717, 1.165) is 24.1 Å². The molecule has 3 rings (SSSR count). The van der Waals surface area contributed by atoms with E-state index in [1.807, 2.05) is 24.0 Å². The van der Waals surface area contributed by atoms with E-state index in [4.69, 9.17) is 4.74 Å². The van der Waals surface area contributed by atoms with Gasteiger partial charge in [0.15, 0.2) is 6.61 Å². The summed E-state index contributed by atoms with van der Waals surface area (Å²) in [6.45, 7) is 3.04. The molecule has 0 bridgehead atoms. The van der Waals surface area contributed by atoms with Gasteiger partial charge in [0, 0.05) is 30.8 Å². The fourth-order valence-electron chi connectivity index (χ4n) is 3.11. The minimum absolute atomic E-state index is 0.170. The lowest BCUT2D eigenvalue weighted by Crippen LogP contribution is -2.23. The minimum atomic E-state index is -0.461. The minimum Gasteiger partial charge on any atom is -0.482 e. The van der Waals surface area contributed by atoms with E-state index < -0.39 is 5.97 Å². The second-order valence-corrected chi connectivity index (χ2v) is 6.91. The van der Waals surface area contributed by atoms with E-state index in [0.29, 0.717) is 30.0 Å². The Balaban J connectivity index is 1.59. The van der Waals surface area contributed by atoms with Crippen molar-refractivity contribution in [2.45, 2.75) is 26.3 Å². The second kappa shape index (κ2) is 9.23. The molecule has 1 N–H and O–H groups in total. The fraction of sp³-hybridized carbons (Fsp3) is 0.318. The predicted octanol–water partition coefficient (Wildman–Crippen LogP) is 2.92. The summed E-state index contributed by atoms with van der Waals surface area (Å²) in [5.41, 5.74) is 3.00. The summed E-state index contributed by atoms with van der Waals surface area (Å²) in [6.07, 6.45) is 1.53. The molecule has 1 aliphatic rings. The van der Waals surface area contributed by atoms with Crippen molar-refractivity contribution in [3.8, 4) is 5.75 Å². The van der Waals surface area contributed by atoms with E-state index in [1.54, 1.807) is 30.3 Å². The van der Waals surface area contributed by atoms with Crippen LogP contribution in [0.15, 0.2) is 42.5 Å². The molecule has 1 saturated heterocycles. The van der Waals surface area contributed by atoms with Crippen molar-refractivity contribution in [3.05, 3.63) is 59.2 Å². The van der Waals surface area contributed by atoms with E-state index in [2.05, 4.69) is 10.1 Å². The second-order valence-electron chi connectivity index (χ2n) is 6.91. The van der Waals surface area contributed by atoms with Gasteiger partial charge in [0.25, 0.3) is 5.91 Å². The van der Waals surface area contributed by atoms with Crippen LogP contribution in [-0.2, 0) is 20.9 Å². The molecule has 0 unspecified atom stereocenters. The first kappa shape index (κ1) is 20.4. The summed E-state index contributed by atoms with van der Waals surface area (Å²) >= 11 is 0. The van der Waals surface area contributed by atoms with Gasteiger partial charge in [0.1, 0.15) is 5.75 Å². The van der Waals surface area contributed by atoms with Crippen LogP contribution in [0, 0.1) is 6.92 Å². The number of benzene rings is 2.